The quantitative estimate of drug-likeness (QED) is 0.676. The van der Waals surface area contributed by atoms with Crippen LogP contribution in [-0.4, -0.2) is 17.1 Å². The van der Waals surface area contributed by atoms with Crippen LogP contribution in [0.2, 0.25) is 0 Å². The average Bonchev–Trinajstić information content (AvgIpc) is 2.52. The van der Waals surface area contributed by atoms with Crippen molar-refractivity contribution in [1.29, 1.82) is 0 Å². The van der Waals surface area contributed by atoms with Crippen molar-refractivity contribution in [2.45, 2.75) is 39.2 Å². The minimum absolute atomic E-state index is 0.0747. The van der Waals surface area contributed by atoms with E-state index in [4.69, 9.17) is 10.5 Å². The van der Waals surface area contributed by atoms with Gasteiger partial charge in [0.15, 0.2) is 11.6 Å². The Kier molecular flexibility index (Phi) is 4.03. The molecule has 0 radical (unpaired) electrons. The van der Waals surface area contributed by atoms with E-state index < -0.39 is 28.7 Å². The lowest BCUT2D eigenvalue weighted by atomic mass is 9.95. The maximum absolute atomic E-state index is 13.9. The first kappa shape index (κ1) is 16.4. The van der Waals surface area contributed by atoms with Crippen LogP contribution < -0.4 is 11.2 Å². The Labute approximate surface area is 137 Å². The number of pyridine rings is 1. The minimum atomic E-state index is -1.28. The van der Waals surface area contributed by atoms with Crippen molar-refractivity contribution in [3.63, 3.8) is 0 Å². The number of benzene rings is 1. The first-order valence-electron chi connectivity index (χ1n) is 7.90. The molecule has 2 N–H and O–H groups in total. The molecule has 2 aromatic rings. The molecule has 0 bridgehead atoms. The molecule has 0 aliphatic carbocycles. The molecule has 128 valence electrons. The maximum Gasteiger partial charge on any atom is 0.343 e. The monoisotopic (exact) mass is 336 g/mol. The van der Waals surface area contributed by atoms with Gasteiger partial charge in [-0.3, -0.25) is 4.79 Å². The van der Waals surface area contributed by atoms with Gasteiger partial charge in [0.05, 0.1) is 23.2 Å². The van der Waals surface area contributed by atoms with Crippen LogP contribution in [-0.2, 0) is 11.2 Å². The molecule has 5 nitrogen and oxygen atoms in total. The fourth-order valence-electron chi connectivity index (χ4n) is 3.44. The van der Waals surface area contributed by atoms with Gasteiger partial charge in [0, 0.05) is 17.8 Å². The molecule has 1 aliphatic heterocycles. The summed E-state index contributed by atoms with van der Waals surface area (Å²) in [5.41, 5.74) is 4.96. The summed E-state index contributed by atoms with van der Waals surface area (Å²) < 4.78 is 34.4. The van der Waals surface area contributed by atoms with E-state index in [1.54, 1.807) is 11.5 Å². The maximum atomic E-state index is 13.9. The summed E-state index contributed by atoms with van der Waals surface area (Å²) >= 11 is 0. The van der Waals surface area contributed by atoms with E-state index in [-0.39, 0.29) is 29.1 Å². The first-order chi connectivity index (χ1) is 11.4. The molecule has 1 atom stereocenters. The number of carbonyl (C=O) groups is 1. The summed E-state index contributed by atoms with van der Waals surface area (Å²) in [6.07, 6.45) is 2.08. The molecule has 1 aromatic carbocycles. The first-order valence-corrected chi connectivity index (χ1v) is 7.90. The van der Waals surface area contributed by atoms with E-state index in [1.807, 2.05) is 6.92 Å². The van der Waals surface area contributed by atoms with Crippen molar-refractivity contribution < 1.29 is 18.3 Å². The Morgan fingerprint density at radius 3 is 2.83 bits per heavy atom. The van der Waals surface area contributed by atoms with Crippen molar-refractivity contribution in [1.82, 2.24) is 4.57 Å². The van der Waals surface area contributed by atoms with Gasteiger partial charge in [-0.25, -0.2) is 13.6 Å². The second kappa shape index (κ2) is 5.89. The van der Waals surface area contributed by atoms with Crippen LogP contribution in [0.15, 0.2) is 10.9 Å². The summed E-state index contributed by atoms with van der Waals surface area (Å²) in [6, 6.07) is 0.900. The van der Waals surface area contributed by atoms with E-state index in [0.29, 0.717) is 12.1 Å². The van der Waals surface area contributed by atoms with Crippen LogP contribution in [0.1, 0.15) is 48.8 Å². The summed E-state index contributed by atoms with van der Waals surface area (Å²) in [5, 5.41) is -0.172. The molecular weight excluding hydrogens is 318 g/mol. The van der Waals surface area contributed by atoms with E-state index in [9.17, 15) is 18.4 Å². The predicted molar refractivity (Wildman–Crippen MR) is 86.1 cm³/mol. The van der Waals surface area contributed by atoms with Gasteiger partial charge in [0.2, 0.25) is 5.43 Å². The largest absolute Gasteiger partial charge is 0.462 e. The van der Waals surface area contributed by atoms with Gasteiger partial charge in [-0.1, -0.05) is 0 Å². The Hall–Kier alpha value is -2.44. The number of nitrogens with two attached hydrogens (primary N) is 1. The third-order valence-corrected chi connectivity index (χ3v) is 4.48. The van der Waals surface area contributed by atoms with Gasteiger partial charge in [-0.2, -0.15) is 0 Å². The zero-order chi connectivity index (χ0) is 17.6. The van der Waals surface area contributed by atoms with Crippen LogP contribution in [0, 0.1) is 11.6 Å². The third-order valence-electron chi connectivity index (χ3n) is 4.48. The van der Waals surface area contributed by atoms with Crippen molar-refractivity contribution in [2.75, 3.05) is 12.3 Å². The Morgan fingerprint density at radius 2 is 2.17 bits per heavy atom. The second-order valence-electron chi connectivity index (χ2n) is 5.96. The van der Waals surface area contributed by atoms with Gasteiger partial charge in [0.25, 0.3) is 0 Å². The fourth-order valence-corrected chi connectivity index (χ4v) is 3.44. The normalized spacial score (nSPS) is 16.9. The summed E-state index contributed by atoms with van der Waals surface area (Å²) in [7, 11) is 0. The van der Waals surface area contributed by atoms with E-state index in [2.05, 4.69) is 0 Å². The molecule has 0 saturated carbocycles. The zero-order valence-corrected chi connectivity index (χ0v) is 13.5. The number of hydrogen-bond acceptors (Lipinski definition) is 4. The number of nitrogens with zero attached hydrogens (tertiary/aromatic N) is 1. The molecule has 2 heterocycles. The minimum Gasteiger partial charge on any atom is -0.462 e. The average molecular weight is 336 g/mol. The van der Waals surface area contributed by atoms with Gasteiger partial charge >= 0.3 is 5.97 Å². The summed E-state index contributed by atoms with van der Waals surface area (Å²) in [5.74, 6) is -3.15. The number of hydrogen-bond donors (Lipinski definition) is 1. The molecule has 1 unspecified atom stereocenters. The van der Waals surface area contributed by atoms with Crippen molar-refractivity contribution in [3.05, 3.63) is 39.2 Å². The number of aromatic nitrogens is 1. The van der Waals surface area contributed by atoms with Crippen LogP contribution in [0.3, 0.4) is 0 Å². The molecule has 0 fully saturated rings. The lowest BCUT2D eigenvalue weighted by molar-refractivity contribution is 0.0522. The summed E-state index contributed by atoms with van der Waals surface area (Å²) in [6.45, 7) is 3.65. The van der Waals surface area contributed by atoms with Crippen molar-refractivity contribution >= 4 is 22.6 Å². The van der Waals surface area contributed by atoms with Crippen molar-refractivity contribution in [2.24, 2.45) is 0 Å². The summed E-state index contributed by atoms with van der Waals surface area (Å²) in [4.78, 5) is 25.1. The molecule has 1 aliphatic rings. The highest BCUT2D eigenvalue weighted by molar-refractivity contribution is 5.99. The smallest absolute Gasteiger partial charge is 0.343 e. The van der Waals surface area contributed by atoms with Gasteiger partial charge in [-0.05, 0) is 33.1 Å². The Balaban J connectivity index is 2.51. The molecule has 1 aromatic heterocycles. The van der Waals surface area contributed by atoms with E-state index in [0.717, 1.165) is 18.9 Å². The van der Waals surface area contributed by atoms with Crippen LogP contribution in [0.4, 0.5) is 14.5 Å². The van der Waals surface area contributed by atoms with E-state index in [1.165, 1.54) is 0 Å². The Bertz CT molecular complexity index is 905. The van der Waals surface area contributed by atoms with Gasteiger partial charge < -0.3 is 15.0 Å². The number of nitrogen functional groups attached to an aromatic ring is 1. The number of anilines is 1. The molecular formula is C17H18F2N2O3. The highest BCUT2D eigenvalue weighted by Crippen LogP contribution is 2.33. The molecule has 0 amide bonds. The molecule has 0 spiro atoms. The van der Waals surface area contributed by atoms with E-state index >= 15 is 0 Å². The van der Waals surface area contributed by atoms with Crippen LogP contribution in [0.25, 0.3) is 10.9 Å². The van der Waals surface area contributed by atoms with Crippen LogP contribution >= 0.6 is 0 Å². The Morgan fingerprint density at radius 1 is 1.46 bits per heavy atom. The number of carbonyl (C=O) groups excluding carboxylic acids is 1. The second-order valence-corrected chi connectivity index (χ2v) is 5.96. The highest BCUT2D eigenvalue weighted by Gasteiger charge is 2.29. The molecule has 24 heavy (non-hydrogen) atoms. The van der Waals surface area contributed by atoms with Gasteiger partial charge in [-0.15, -0.1) is 0 Å². The number of halogens is 2. The molecule has 7 heteroatoms. The highest BCUT2D eigenvalue weighted by atomic mass is 19.2. The molecule has 3 rings (SSSR count). The number of fused-ring (bicyclic) bond motifs is 3. The number of ether oxygens (including phenoxy) is 1. The number of esters is 1. The number of rotatable bonds is 2. The van der Waals surface area contributed by atoms with Crippen LogP contribution in [0.5, 0.6) is 0 Å². The molecule has 0 saturated heterocycles. The SMILES string of the molecule is CCOC(=O)c1c2n(c3cc(F)c(F)c(N)c3c1=O)C(C)CCC2. The lowest BCUT2D eigenvalue weighted by Crippen LogP contribution is -2.30. The third kappa shape index (κ3) is 2.26. The predicted octanol–water partition coefficient (Wildman–Crippen LogP) is 2.94. The standard InChI is InChI=1S/C17H18F2N2O3/c1-3-24-17(23)13-10-6-4-5-8(2)21(10)11-7-9(18)14(19)15(20)12(11)16(13)22/h7-8H,3-6,20H2,1-2H3. The zero-order valence-electron chi connectivity index (χ0n) is 13.5. The van der Waals surface area contributed by atoms with Crippen molar-refractivity contribution in [3.8, 4) is 0 Å². The fraction of sp³-hybridized carbons (Fsp3) is 0.412. The lowest BCUT2D eigenvalue weighted by Gasteiger charge is -2.29. The van der Waals surface area contributed by atoms with Gasteiger partial charge in [0.1, 0.15) is 5.56 Å². The topological polar surface area (TPSA) is 74.3 Å².